The highest BCUT2D eigenvalue weighted by atomic mass is 35.5. The summed E-state index contributed by atoms with van der Waals surface area (Å²) in [6.45, 7) is 2.11. The normalized spacial score (nSPS) is 41.7. The molecule has 2 saturated carbocycles. The van der Waals surface area contributed by atoms with E-state index >= 15 is 0 Å². The highest BCUT2D eigenvalue weighted by Crippen LogP contribution is 2.63. The van der Waals surface area contributed by atoms with Crippen LogP contribution in [-0.4, -0.2) is 54.0 Å². The summed E-state index contributed by atoms with van der Waals surface area (Å²) in [5.41, 5.74) is 0. The van der Waals surface area contributed by atoms with Crippen molar-refractivity contribution in [1.29, 1.82) is 0 Å². The minimum atomic E-state index is -1.73. The Labute approximate surface area is 115 Å². The van der Waals surface area contributed by atoms with E-state index in [1.165, 1.54) is 14.2 Å². The molecule has 0 aromatic rings. The smallest absolute Gasteiger partial charge is 0.229 e. The molecular weight excluding hydrogens is 283 g/mol. The number of fused-ring (bicyclic) bond motifs is 2. The number of ether oxygens (including phenoxy) is 3. The Balaban J connectivity index is 2.62. The number of halogens is 2. The summed E-state index contributed by atoms with van der Waals surface area (Å²) in [4.78, 5) is 20.7. The van der Waals surface area contributed by atoms with Crippen LogP contribution in [0.25, 0.3) is 0 Å². The summed E-state index contributed by atoms with van der Waals surface area (Å²) in [5.74, 6) is -3.29. The first-order chi connectivity index (χ1) is 8.35. The molecule has 0 radical (unpaired) electrons. The van der Waals surface area contributed by atoms with E-state index in [2.05, 4.69) is 0 Å². The maximum atomic E-state index is 12.1. The van der Waals surface area contributed by atoms with Crippen molar-refractivity contribution in [2.45, 2.75) is 35.0 Å². The Bertz CT molecular complexity index is 408. The van der Waals surface area contributed by atoms with Crippen molar-refractivity contribution in [3.63, 3.8) is 0 Å². The summed E-state index contributed by atoms with van der Waals surface area (Å²) in [7, 11) is 2.61. The lowest BCUT2D eigenvalue weighted by Crippen LogP contribution is -2.58. The van der Waals surface area contributed by atoms with Crippen LogP contribution in [0.1, 0.15) is 13.3 Å². The molecule has 3 atom stereocenters. The van der Waals surface area contributed by atoms with Crippen LogP contribution >= 0.6 is 23.2 Å². The Morgan fingerprint density at radius 1 is 1.22 bits per heavy atom. The van der Waals surface area contributed by atoms with E-state index in [-0.39, 0.29) is 6.42 Å². The molecule has 0 unspecified atom stereocenters. The molecule has 2 rings (SSSR count). The number of Topliss-reactive ketones (excluding diaryl/α,β-unsaturated/α-hetero) is 2. The van der Waals surface area contributed by atoms with Gasteiger partial charge in [-0.2, -0.15) is 0 Å². The lowest BCUT2D eigenvalue weighted by atomic mass is 9.94. The molecule has 0 aliphatic heterocycles. The number of methoxy groups -OCH3 is 2. The molecular formula is C11H14Cl2O5. The Hall–Kier alpha value is -0.200. The third-order valence-electron chi connectivity index (χ3n) is 3.75. The molecule has 2 fully saturated rings. The zero-order chi connectivity index (χ0) is 13.8. The lowest BCUT2D eigenvalue weighted by molar-refractivity contribution is -0.223. The number of alkyl halides is 2. The van der Waals surface area contributed by atoms with Crippen LogP contribution in [0.15, 0.2) is 0 Å². The molecule has 0 heterocycles. The monoisotopic (exact) mass is 296 g/mol. The molecule has 102 valence electrons. The molecule has 0 N–H and O–H groups in total. The van der Waals surface area contributed by atoms with Gasteiger partial charge in [0, 0.05) is 27.2 Å². The van der Waals surface area contributed by atoms with Gasteiger partial charge >= 0.3 is 0 Å². The number of carbonyl (C=O) groups excluding carboxylic acids is 2. The average Bonchev–Trinajstić information content (AvgIpc) is 2.61. The molecule has 0 spiro atoms. The minimum Gasteiger partial charge on any atom is -0.376 e. The SMILES string of the molecule is CCO[C@H]1C[C@@]2(Cl)C(=O)C(=O)[C@]1(Cl)C2(OC)OC. The average molecular weight is 297 g/mol. The summed E-state index contributed by atoms with van der Waals surface area (Å²) in [6.07, 6.45) is -0.634. The van der Waals surface area contributed by atoms with E-state index in [0.717, 1.165) is 0 Å². The van der Waals surface area contributed by atoms with Crippen molar-refractivity contribution >= 4 is 34.8 Å². The Morgan fingerprint density at radius 3 is 2.17 bits per heavy atom. The largest absolute Gasteiger partial charge is 0.376 e. The van der Waals surface area contributed by atoms with Gasteiger partial charge in [-0.1, -0.05) is 0 Å². The molecule has 0 amide bonds. The van der Waals surface area contributed by atoms with E-state index in [1.807, 2.05) is 0 Å². The first kappa shape index (κ1) is 14.2. The maximum absolute atomic E-state index is 12.1. The summed E-state index contributed by atoms with van der Waals surface area (Å²) >= 11 is 12.7. The van der Waals surface area contributed by atoms with Crippen molar-refractivity contribution in [2.24, 2.45) is 0 Å². The summed E-state index contributed by atoms with van der Waals surface area (Å²) in [6, 6.07) is 0. The van der Waals surface area contributed by atoms with Gasteiger partial charge in [-0.05, 0) is 6.92 Å². The van der Waals surface area contributed by atoms with E-state index in [1.54, 1.807) is 6.92 Å². The maximum Gasteiger partial charge on any atom is 0.229 e. The fourth-order valence-electron chi connectivity index (χ4n) is 2.99. The van der Waals surface area contributed by atoms with Crippen LogP contribution in [0.2, 0.25) is 0 Å². The first-order valence-electron chi connectivity index (χ1n) is 5.54. The van der Waals surface area contributed by atoms with E-state index in [9.17, 15) is 9.59 Å². The summed E-state index contributed by atoms with van der Waals surface area (Å²) < 4.78 is 15.9. The molecule has 7 heteroatoms. The standard InChI is InChI=1S/C11H14Cl2O5/c1-4-18-6-5-9(12)7(14)8(15)10(6,13)11(9,16-2)17-3/h6H,4-5H2,1-3H3/t6-,9+,10-/m0/s1. The van der Waals surface area contributed by atoms with Gasteiger partial charge in [0.25, 0.3) is 0 Å². The number of rotatable bonds is 4. The number of hydrogen-bond donors (Lipinski definition) is 0. The van der Waals surface area contributed by atoms with Crippen LogP contribution in [0.3, 0.4) is 0 Å². The molecule has 0 saturated heterocycles. The minimum absolute atomic E-state index is 0.0815. The van der Waals surface area contributed by atoms with Gasteiger partial charge in [0.15, 0.2) is 9.75 Å². The van der Waals surface area contributed by atoms with Crippen molar-refractivity contribution in [1.82, 2.24) is 0 Å². The molecule has 2 bridgehead atoms. The van der Waals surface area contributed by atoms with E-state index in [4.69, 9.17) is 37.4 Å². The molecule has 18 heavy (non-hydrogen) atoms. The van der Waals surface area contributed by atoms with Crippen LogP contribution in [-0.2, 0) is 23.8 Å². The zero-order valence-corrected chi connectivity index (χ0v) is 11.8. The third kappa shape index (κ3) is 1.20. The highest BCUT2D eigenvalue weighted by molar-refractivity contribution is 6.66. The molecule has 2 aliphatic carbocycles. The second-order valence-electron chi connectivity index (χ2n) is 4.34. The molecule has 2 aliphatic rings. The predicted octanol–water partition coefficient (Wildman–Crippen LogP) is 0.891. The van der Waals surface area contributed by atoms with Crippen molar-refractivity contribution < 1.29 is 23.8 Å². The van der Waals surface area contributed by atoms with E-state index in [0.29, 0.717) is 6.61 Å². The highest BCUT2D eigenvalue weighted by Gasteiger charge is 2.86. The quantitative estimate of drug-likeness (QED) is 0.438. The number of ketones is 2. The number of hydrogen-bond acceptors (Lipinski definition) is 5. The third-order valence-corrected chi connectivity index (χ3v) is 4.99. The van der Waals surface area contributed by atoms with Crippen LogP contribution in [0.5, 0.6) is 0 Å². The molecule has 0 aromatic heterocycles. The van der Waals surface area contributed by atoms with Gasteiger partial charge in [-0.15, -0.1) is 23.2 Å². The summed E-state index contributed by atoms with van der Waals surface area (Å²) in [5, 5.41) is 0. The fraction of sp³-hybridized carbons (Fsp3) is 0.818. The van der Waals surface area contributed by atoms with Crippen LogP contribution < -0.4 is 0 Å². The molecule has 5 nitrogen and oxygen atoms in total. The second kappa shape index (κ2) is 4.15. The van der Waals surface area contributed by atoms with Crippen LogP contribution in [0.4, 0.5) is 0 Å². The Kier molecular flexibility index (Phi) is 3.28. The number of carbonyl (C=O) groups is 2. The van der Waals surface area contributed by atoms with Crippen molar-refractivity contribution in [3.05, 3.63) is 0 Å². The van der Waals surface area contributed by atoms with Gasteiger partial charge in [0.05, 0.1) is 6.10 Å². The zero-order valence-electron chi connectivity index (χ0n) is 10.3. The van der Waals surface area contributed by atoms with Gasteiger partial charge in [0.1, 0.15) is 0 Å². The van der Waals surface area contributed by atoms with Gasteiger partial charge < -0.3 is 14.2 Å². The Morgan fingerprint density at radius 2 is 1.78 bits per heavy atom. The first-order valence-corrected chi connectivity index (χ1v) is 6.30. The van der Waals surface area contributed by atoms with Gasteiger partial charge in [0.2, 0.25) is 17.4 Å². The molecule has 0 aromatic carbocycles. The van der Waals surface area contributed by atoms with E-state index < -0.39 is 33.2 Å². The predicted molar refractivity (Wildman–Crippen MR) is 64.0 cm³/mol. The lowest BCUT2D eigenvalue weighted by Gasteiger charge is -2.37. The van der Waals surface area contributed by atoms with Crippen molar-refractivity contribution in [3.8, 4) is 0 Å². The second-order valence-corrected chi connectivity index (χ2v) is 5.59. The van der Waals surface area contributed by atoms with Gasteiger partial charge in [-0.3, -0.25) is 9.59 Å². The fourth-order valence-corrected chi connectivity index (χ4v) is 4.11. The topological polar surface area (TPSA) is 61.8 Å². The van der Waals surface area contributed by atoms with Gasteiger partial charge in [-0.25, -0.2) is 0 Å². The van der Waals surface area contributed by atoms with Crippen molar-refractivity contribution in [2.75, 3.05) is 20.8 Å². The van der Waals surface area contributed by atoms with Crippen LogP contribution in [0, 0.1) is 0 Å².